The van der Waals surface area contributed by atoms with Crippen LogP contribution in [0.4, 0.5) is 0 Å². The number of hydrogen-bond acceptors (Lipinski definition) is 4. The zero-order valence-electron chi connectivity index (χ0n) is 11.1. The lowest BCUT2D eigenvalue weighted by Crippen LogP contribution is -2.26. The van der Waals surface area contributed by atoms with E-state index in [1.807, 2.05) is 0 Å². The number of ether oxygens (including phenoxy) is 1. The molecule has 7 heteroatoms. The molecule has 6 nitrogen and oxygen atoms in total. The van der Waals surface area contributed by atoms with Crippen molar-refractivity contribution in [3.05, 3.63) is 23.8 Å². The van der Waals surface area contributed by atoms with Gasteiger partial charge in [-0.25, -0.2) is 17.9 Å². The normalized spacial score (nSPS) is 15.1. The van der Waals surface area contributed by atoms with Gasteiger partial charge in [-0.3, -0.25) is 0 Å². The van der Waals surface area contributed by atoms with Gasteiger partial charge in [-0.2, -0.15) is 0 Å². The Balaban J connectivity index is 2.26. The SMILES string of the molecule is CCOc1ccc(S(=O)(=O)NCC2CC2)cc1C(=O)O. The molecule has 1 aliphatic carbocycles. The molecule has 0 aliphatic heterocycles. The van der Waals surface area contributed by atoms with Crippen molar-refractivity contribution < 1.29 is 23.1 Å². The van der Waals surface area contributed by atoms with Crippen LogP contribution < -0.4 is 9.46 Å². The van der Waals surface area contributed by atoms with Crippen molar-refractivity contribution in [3.63, 3.8) is 0 Å². The molecule has 1 aliphatic rings. The summed E-state index contributed by atoms with van der Waals surface area (Å²) in [4.78, 5) is 11.1. The zero-order valence-corrected chi connectivity index (χ0v) is 11.9. The van der Waals surface area contributed by atoms with Gasteiger partial charge in [0.15, 0.2) is 0 Å². The first kappa shape index (κ1) is 14.8. The van der Waals surface area contributed by atoms with Gasteiger partial charge >= 0.3 is 5.97 Å². The third kappa shape index (κ3) is 3.49. The Morgan fingerprint density at radius 2 is 2.15 bits per heavy atom. The van der Waals surface area contributed by atoms with Crippen molar-refractivity contribution in [3.8, 4) is 5.75 Å². The van der Waals surface area contributed by atoms with E-state index in [9.17, 15) is 13.2 Å². The largest absolute Gasteiger partial charge is 0.493 e. The summed E-state index contributed by atoms with van der Waals surface area (Å²) in [6.07, 6.45) is 2.07. The molecule has 0 bridgehead atoms. The summed E-state index contributed by atoms with van der Waals surface area (Å²) < 4.78 is 31.8. The van der Waals surface area contributed by atoms with E-state index in [1.165, 1.54) is 12.1 Å². The first-order valence-corrected chi connectivity index (χ1v) is 7.92. The smallest absolute Gasteiger partial charge is 0.339 e. The maximum Gasteiger partial charge on any atom is 0.339 e. The van der Waals surface area contributed by atoms with Gasteiger partial charge < -0.3 is 9.84 Å². The van der Waals surface area contributed by atoms with Crippen molar-refractivity contribution in [2.24, 2.45) is 5.92 Å². The maximum absolute atomic E-state index is 12.1. The van der Waals surface area contributed by atoms with E-state index in [4.69, 9.17) is 9.84 Å². The van der Waals surface area contributed by atoms with Crippen LogP contribution in [0.15, 0.2) is 23.1 Å². The Kier molecular flexibility index (Phi) is 4.29. The second-order valence-corrected chi connectivity index (χ2v) is 6.46. The van der Waals surface area contributed by atoms with Gasteiger partial charge in [0.05, 0.1) is 11.5 Å². The quantitative estimate of drug-likeness (QED) is 0.795. The Hall–Kier alpha value is -1.60. The molecule has 0 spiro atoms. The second kappa shape index (κ2) is 5.80. The van der Waals surface area contributed by atoms with Crippen molar-refractivity contribution in [2.75, 3.05) is 13.2 Å². The average Bonchev–Trinajstić information content (AvgIpc) is 3.21. The fourth-order valence-corrected chi connectivity index (χ4v) is 2.90. The minimum atomic E-state index is -3.67. The van der Waals surface area contributed by atoms with E-state index < -0.39 is 16.0 Å². The third-order valence-corrected chi connectivity index (χ3v) is 4.47. The fourth-order valence-electron chi connectivity index (χ4n) is 1.76. The van der Waals surface area contributed by atoms with E-state index in [-0.39, 0.29) is 16.2 Å². The molecule has 0 heterocycles. The Labute approximate surface area is 117 Å². The lowest BCUT2D eigenvalue weighted by atomic mass is 10.2. The van der Waals surface area contributed by atoms with Crippen LogP contribution in [0.2, 0.25) is 0 Å². The van der Waals surface area contributed by atoms with E-state index in [2.05, 4.69) is 4.72 Å². The first-order valence-electron chi connectivity index (χ1n) is 6.44. The predicted octanol–water partition coefficient (Wildman–Crippen LogP) is 1.47. The van der Waals surface area contributed by atoms with E-state index in [0.29, 0.717) is 19.1 Å². The van der Waals surface area contributed by atoms with Crippen LogP contribution >= 0.6 is 0 Å². The number of carboxylic acids is 1. The Morgan fingerprint density at radius 1 is 1.45 bits per heavy atom. The first-order chi connectivity index (χ1) is 9.44. The van der Waals surface area contributed by atoms with Crippen molar-refractivity contribution in [2.45, 2.75) is 24.7 Å². The molecule has 20 heavy (non-hydrogen) atoms. The van der Waals surface area contributed by atoms with Gasteiger partial charge in [0, 0.05) is 6.54 Å². The summed E-state index contributed by atoms with van der Waals surface area (Å²) in [6, 6.07) is 3.86. The molecule has 0 unspecified atom stereocenters. The van der Waals surface area contributed by atoms with Crippen LogP contribution in [-0.2, 0) is 10.0 Å². The van der Waals surface area contributed by atoms with Crippen molar-refractivity contribution >= 4 is 16.0 Å². The topological polar surface area (TPSA) is 92.7 Å². The molecular formula is C13H17NO5S. The van der Waals surface area contributed by atoms with Crippen LogP contribution in [0.5, 0.6) is 5.75 Å². The average molecular weight is 299 g/mol. The minimum Gasteiger partial charge on any atom is -0.493 e. The van der Waals surface area contributed by atoms with E-state index in [1.54, 1.807) is 6.92 Å². The standard InChI is InChI=1S/C13H17NO5S/c1-2-19-12-6-5-10(7-11(12)13(15)16)20(17,18)14-8-9-3-4-9/h5-7,9,14H,2-4,8H2,1H3,(H,15,16). The van der Waals surface area contributed by atoms with Gasteiger partial charge in [-0.05, 0) is 43.9 Å². The minimum absolute atomic E-state index is 0.0565. The summed E-state index contributed by atoms with van der Waals surface area (Å²) in [5.41, 5.74) is -0.152. The summed E-state index contributed by atoms with van der Waals surface area (Å²) in [6.45, 7) is 2.44. The second-order valence-electron chi connectivity index (χ2n) is 4.69. The van der Waals surface area contributed by atoms with Gasteiger partial charge in [0.25, 0.3) is 0 Å². The maximum atomic E-state index is 12.1. The van der Waals surface area contributed by atoms with Gasteiger partial charge in [0.1, 0.15) is 11.3 Å². The molecule has 0 radical (unpaired) electrons. The molecule has 1 aromatic rings. The van der Waals surface area contributed by atoms with Crippen LogP contribution in [-0.4, -0.2) is 32.6 Å². The van der Waals surface area contributed by atoms with Gasteiger partial charge in [-0.1, -0.05) is 0 Å². The lowest BCUT2D eigenvalue weighted by molar-refractivity contribution is 0.0692. The third-order valence-electron chi connectivity index (χ3n) is 3.05. The van der Waals surface area contributed by atoms with Crippen LogP contribution in [0.1, 0.15) is 30.1 Å². The number of nitrogens with one attached hydrogen (secondary N) is 1. The highest BCUT2D eigenvalue weighted by molar-refractivity contribution is 7.89. The Bertz CT molecular complexity index is 607. The van der Waals surface area contributed by atoms with Crippen molar-refractivity contribution in [1.82, 2.24) is 4.72 Å². The Morgan fingerprint density at radius 3 is 2.70 bits per heavy atom. The molecule has 1 fully saturated rings. The molecule has 1 saturated carbocycles. The molecule has 2 rings (SSSR count). The molecule has 0 atom stereocenters. The predicted molar refractivity (Wildman–Crippen MR) is 72.5 cm³/mol. The molecule has 0 amide bonds. The molecule has 110 valence electrons. The fraction of sp³-hybridized carbons (Fsp3) is 0.462. The van der Waals surface area contributed by atoms with Crippen LogP contribution in [0.25, 0.3) is 0 Å². The number of sulfonamides is 1. The number of rotatable bonds is 7. The summed E-state index contributed by atoms with van der Waals surface area (Å²) in [5.74, 6) is -0.639. The molecule has 1 aromatic carbocycles. The lowest BCUT2D eigenvalue weighted by Gasteiger charge is -2.10. The van der Waals surface area contributed by atoms with E-state index >= 15 is 0 Å². The van der Waals surface area contributed by atoms with Crippen LogP contribution in [0.3, 0.4) is 0 Å². The highest BCUT2D eigenvalue weighted by Crippen LogP contribution is 2.28. The highest BCUT2D eigenvalue weighted by atomic mass is 32.2. The molecular weight excluding hydrogens is 282 g/mol. The van der Waals surface area contributed by atoms with Crippen molar-refractivity contribution in [1.29, 1.82) is 0 Å². The zero-order chi connectivity index (χ0) is 14.8. The molecule has 0 saturated heterocycles. The number of carbonyl (C=O) groups is 1. The molecule has 0 aromatic heterocycles. The van der Waals surface area contributed by atoms with Gasteiger partial charge in [-0.15, -0.1) is 0 Å². The summed E-state index contributed by atoms with van der Waals surface area (Å²) >= 11 is 0. The number of aromatic carboxylic acids is 1. The summed E-state index contributed by atoms with van der Waals surface area (Å²) in [5, 5.41) is 9.12. The number of benzene rings is 1. The summed E-state index contributed by atoms with van der Waals surface area (Å²) in [7, 11) is -3.67. The number of hydrogen-bond donors (Lipinski definition) is 2. The van der Waals surface area contributed by atoms with Crippen LogP contribution in [0, 0.1) is 5.92 Å². The monoisotopic (exact) mass is 299 g/mol. The molecule has 2 N–H and O–H groups in total. The highest BCUT2D eigenvalue weighted by Gasteiger charge is 2.25. The number of carboxylic acid groups (broad SMARTS) is 1. The van der Waals surface area contributed by atoms with E-state index in [0.717, 1.165) is 18.9 Å². The van der Waals surface area contributed by atoms with Gasteiger partial charge in [0.2, 0.25) is 10.0 Å².